The molecule has 0 unspecified atom stereocenters. The lowest BCUT2D eigenvalue weighted by molar-refractivity contribution is -0.112. The highest BCUT2D eigenvalue weighted by atomic mass is 35.5. The monoisotopic (exact) mass is 316 g/mol. The molecule has 0 atom stereocenters. The molecule has 2 rings (SSSR count). The van der Waals surface area contributed by atoms with Crippen LogP contribution in [0.25, 0.3) is 6.08 Å². The molecule has 0 heterocycles. The Labute approximate surface area is 132 Å². The van der Waals surface area contributed by atoms with Gasteiger partial charge in [-0.05, 0) is 42.0 Å². The van der Waals surface area contributed by atoms with Gasteiger partial charge in [-0.3, -0.25) is 4.79 Å². The van der Waals surface area contributed by atoms with Crippen LogP contribution >= 0.6 is 23.2 Å². The van der Waals surface area contributed by atoms with E-state index in [1.54, 1.807) is 48.5 Å². The molecule has 3 nitrogen and oxygen atoms in total. The molecule has 21 heavy (non-hydrogen) atoms. The number of nitrogens with zero attached hydrogens (tertiary/aromatic N) is 1. The number of hydrogen-bond donors (Lipinski definition) is 1. The molecule has 1 N–H and O–H groups in total. The van der Waals surface area contributed by atoms with Crippen LogP contribution < -0.4 is 5.32 Å². The Kier molecular flexibility index (Phi) is 4.99. The summed E-state index contributed by atoms with van der Waals surface area (Å²) in [4.78, 5) is 12.1. The van der Waals surface area contributed by atoms with Gasteiger partial charge in [0.15, 0.2) is 0 Å². The second-order valence-electron chi connectivity index (χ2n) is 4.19. The molecule has 0 spiro atoms. The zero-order valence-corrected chi connectivity index (χ0v) is 12.3. The van der Waals surface area contributed by atoms with Gasteiger partial charge in [0.2, 0.25) is 0 Å². The molecule has 0 aromatic heterocycles. The Hall–Kier alpha value is -2.28. The normalized spacial score (nSPS) is 10.8. The summed E-state index contributed by atoms with van der Waals surface area (Å²) < 4.78 is 0. The Balaban J connectivity index is 2.21. The van der Waals surface area contributed by atoms with Crippen molar-refractivity contribution in [1.29, 1.82) is 5.26 Å². The highest BCUT2D eigenvalue weighted by Gasteiger charge is 2.09. The molecular formula is C16H10Cl2N2O. The number of carbonyl (C=O) groups is 1. The minimum atomic E-state index is -0.500. The average Bonchev–Trinajstić information content (AvgIpc) is 2.44. The van der Waals surface area contributed by atoms with E-state index >= 15 is 0 Å². The van der Waals surface area contributed by atoms with Crippen molar-refractivity contribution in [3.05, 3.63) is 69.7 Å². The lowest BCUT2D eigenvalue weighted by atomic mass is 10.1. The number of halogens is 2. The Bertz CT molecular complexity index is 748. The first-order valence-electron chi connectivity index (χ1n) is 6.03. The fourth-order valence-electron chi connectivity index (χ4n) is 1.68. The lowest BCUT2D eigenvalue weighted by Gasteiger charge is -2.04. The second kappa shape index (κ2) is 6.94. The maximum Gasteiger partial charge on any atom is 0.266 e. The molecule has 0 saturated carbocycles. The lowest BCUT2D eigenvalue weighted by Crippen LogP contribution is -2.13. The molecule has 2 aromatic rings. The van der Waals surface area contributed by atoms with Crippen LogP contribution in [0.4, 0.5) is 5.69 Å². The number of amides is 1. The molecule has 1 amide bonds. The number of nitriles is 1. The topological polar surface area (TPSA) is 52.9 Å². The van der Waals surface area contributed by atoms with Crippen molar-refractivity contribution in [2.45, 2.75) is 0 Å². The first-order valence-corrected chi connectivity index (χ1v) is 6.78. The van der Waals surface area contributed by atoms with Crippen LogP contribution in [0.1, 0.15) is 5.56 Å². The van der Waals surface area contributed by atoms with Gasteiger partial charge >= 0.3 is 0 Å². The van der Waals surface area contributed by atoms with E-state index in [4.69, 9.17) is 28.5 Å². The first-order chi connectivity index (χ1) is 10.1. The van der Waals surface area contributed by atoms with Crippen molar-refractivity contribution in [3.8, 4) is 6.07 Å². The van der Waals surface area contributed by atoms with Crippen molar-refractivity contribution in [2.75, 3.05) is 5.32 Å². The number of anilines is 1. The molecule has 0 aliphatic heterocycles. The quantitative estimate of drug-likeness (QED) is 0.667. The molecule has 0 saturated heterocycles. The van der Waals surface area contributed by atoms with Gasteiger partial charge in [0, 0.05) is 15.7 Å². The van der Waals surface area contributed by atoms with E-state index in [1.807, 2.05) is 6.07 Å². The van der Waals surface area contributed by atoms with Crippen LogP contribution in [-0.4, -0.2) is 5.91 Å². The van der Waals surface area contributed by atoms with Crippen LogP contribution in [-0.2, 0) is 4.79 Å². The fourth-order valence-corrected chi connectivity index (χ4v) is 2.07. The zero-order valence-electron chi connectivity index (χ0n) is 10.8. The van der Waals surface area contributed by atoms with Crippen molar-refractivity contribution < 1.29 is 4.79 Å². The third kappa shape index (κ3) is 4.35. The van der Waals surface area contributed by atoms with E-state index in [9.17, 15) is 4.79 Å². The summed E-state index contributed by atoms with van der Waals surface area (Å²) >= 11 is 11.7. The van der Waals surface area contributed by atoms with E-state index in [0.29, 0.717) is 21.3 Å². The standard InChI is InChI=1S/C16H10Cl2N2O/c17-13-4-1-3-11(8-13)7-12(10-19)16(21)20-15-6-2-5-14(18)9-15/h1-9H,(H,20,21)/b12-7+. The Morgan fingerprint density at radius 3 is 2.38 bits per heavy atom. The summed E-state index contributed by atoms with van der Waals surface area (Å²) in [5, 5.41) is 12.8. The smallest absolute Gasteiger partial charge is 0.266 e. The highest BCUT2D eigenvalue weighted by molar-refractivity contribution is 6.31. The van der Waals surface area contributed by atoms with Crippen molar-refractivity contribution in [1.82, 2.24) is 0 Å². The van der Waals surface area contributed by atoms with Gasteiger partial charge in [0.1, 0.15) is 11.6 Å². The Morgan fingerprint density at radius 1 is 1.10 bits per heavy atom. The molecule has 5 heteroatoms. The number of benzene rings is 2. The second-order valence-corrected chi connectivity index (χ2v) is 5.06. The predicted molar refractivity (Wildman–Crippen MR) is 85.1 cm³/mol. The van der Waals surface area contributed by atoms with Gasteiger partial charge in [-0.25, -0.2) is 0 Å². The maximum atomic E-state index is 12.1. The van der Waals surface area contributed by atoms with Crippen molar-refractivity contribution in [2.24, 2.45) is 0 Å². The molecule has 0 aliphatic rings. The predicted octanol–water partition coefficient (Wildman–Crippen LogP) is 4.54. The molecule has 0 aliphatic carbocycles. The summed E-state index contributed by atoms with van der Waals surface area (Å²) in [6, 6.07) is 15.5. The minimum absolute atomic E-state index is 0.0164. The van der Waals surface area contributed by atoms with Crippen molar-refractivity contribution in [3.63, 3.8) is 0 Å². The molecule has 2 aromatic carbocycles. The van der Waals surface area contributed by atoms with Gasteiger partial charge in [-0.1, -0.05) is 41.4 Å². The van der Waals surface area contributed by atoms with Gasteiger partial charge in [0.25, 0.3) is 5.91 Å². The summed E-state index contributed by atoms with van der Waals surface area (Å²) in [5.41, 5.74) is 1.19. The minimum Gasteiger partial charge on any atom is -0.321 e. The summed E-state index contributed by atoms with van der Waals surface area (Å²) in [6.07, 6.45) is 1.48. The number of hydrogen-bond acceptors (Lipinski definition) is 2. The SMILES string of the molecule is N#C/C(=C\c1cccc(Cl)c1)C(=O)Nc1cccc(Cl)c1. The maximum absolute atomic E-state index is 12.1. The summed E-state index contributed by atoms with van der Waals surface area (Å²) in [5.74, 6) is -0.500. The summed E-state index contributed by atoms with van der Waals surface area (Å²) in [7, 11) is 0. The van der Waals surface area contributed by atoms with E-state index in [1.165, 1.54) is 6.08 Å². The van der Waals surface area contributed by atoms with Crippen molar-refractivity contribution >= 4 is 40.9 Å². The molecule has 0 bridgehead atoms. The fraction of sp³-hybridized carbons (Fsp3) is 0. The van der Waals surface area contributed by atoms with Crippen LogP contribution in [0.2, 0.25) is 10.0 Å². The average molecular weight is 317 g/mol. The van der Waals surface area contributed by atoms with Gasteiger partial charge in [-0.2, -0.15) is 5.26 Å². The number of carbonyl (C=O) groups excluding carboxylic acids is 1. The van der Waals surface area contributed by atoms with Gasteiger partial charge < -0.3 is 5.32 Å². The molecule has 104 valence electrons. The van der Waals surface area contributed by atoms with E-state index in [2.05, 4.69) is 5.32 Å². The third-order valence-electron chi connectivity index (χ3n) is 2.61. The zero-order chi connectivity index (χ0) is 15.2. The third-order valence-corrected chi connectivity index (χ3v) is 3.08. The largest absolute Gasteiger partial charge is 0.321 e. The van der Waals surface area contributed by atoms with E-state index < -0.39 is 5.91 Å². The molecular weight excluding hydrogens is 307 g/mol. The molecule has 0 radical (unpaired) electrons. The van der Waals surface area contributed by atoms with E-state index in [-0.39, 0.29) is 5.57 Å². The summed E-state index contributed by atoms with van der Waals surface area (Å²) in [6.45, 7) is 0. The van der Waals surface area contributed by atoms with Crippen LogP contribution in [0.3, 0.4) is 0 Å². The van der Waals surface area contributed by atoms with Gasteiger partial charge in [-0.15, -0.1) is 0 Å². The Morgan fingerprint density at radius 2 is 1.76 bits per heavy atom. The highest BCUT2D eigenvalue weighted by Crippen LogP contribution is 2.17. The van der Waals surface area contributed by atoms with Crippen LogP contribution in [0.15, 0.2) is 54.1 Å². The first kappa shape index (κ1) is 15.1. The van der Waals surface area contributed by atoms with Crippen LogP contribution in [0, 0.1) is 11.3 Å². The number of rotatable bonds is 3. The van der Waals surface area contributed by atoms with Crippen LogP contribution in [0.5, 0.6) is 0 Å². The van der Waals surface area contributed by atoms with E-state index in [0.717, 1.165) is 0 Å². The molecule has 0 fully saturated rings. The number of nitrogens with one attached hydrogen (secondary N) is 1. The van der Waals surface area contributed by atoms with Gasteiger partial charge in [0.05, 0.1) is 0 Å².